The number of nitrogens with one attached hydrogen (secondary N) is 1. The quantitative estimate of drug-likeness (QED) is 0.530. The molecule has 0 saturated carbocycles. The molecule has 0 aliphatic rings. The first-order valence-corrected chi connectivity index (χ1v) is 8.42. The molecule has 27 heavy (non-hydrogen) atoms. The van der Waals surface area contributed by atoms with E-state index >= 15 is 0 Å². The van der Waals surface area contributed by atoms with Crippen LogP contribution >= 0.6 is 0 Å². The van der Waals surface area contributed by atoms with Crippen LogP contribution < -0.4 is 5.32 Å². The summed E-state index contributed by atoms with van der Waals surface area (Å²) in [4.78, 5) is 17.4. The maximum Gasteiger partial charge on any atom is 0.221 e. The number of nitrogens with zero attached hydrogens (tertiary/aromatic N) is 7. The van der Waals surface area contributed by atoms with Crippen molar-refractivity contribution in [2.75, 3.05) is 5.32 Å². The van der Waals surface area contributed by atoms with Crippen LogP contribution in [-0.2, 0) is 6.54 Å². The molecule has 0 fully saturated rings. The van der Waals surface area contributed by atoms with Crippen LogP contribution in [0.3, 0.4) is 0 Å². The Bertz CT molecular complexity index is 1230. The lowest BCUT2D eigenvalue weighted by atomic mass is 10.1. The van der Waals surface area contributed by atoms with Crippen LogP contribution in [0.5, 0.6) is 0 Å². The smallest absolute Gasteiger partial charge is 0.221 e. The molecule has 130 valence electrons. The summed E-state index contributed by atoms with van der Waals surface area (Å²) in [5.74, 6) is 0.613. The minimum Gasteiger partial charge on any atom is -0.338 e. The second-order valence-electron chi connectivity index (χ2n) is 6.05. The molecule has 4 heterocycles. The Balaban J connectivity index is 1.48. The average Bonchev–Trinajstić information content (AvgIpc) is 3.11. The molecule has 8 heteroatoms. The average molecular weight is 354 g/mol. The molecule has 1 N–H and O–H groups in total. The van der Waals surface area contributed by atoms with E-state index in [2.05, 4.69) is 41.6 Å². The molecule has 5 rings (SSSR count). The van der Waals surface area contributed by atoms with Crippen LogP contribution in [0.4, 0.5) is 11.5 Å². The molecule has 0 bridgehead atoms. The molecule has 0 saturated heterocycles. The number of fused-ring (bicyclic) bond motifs is 2. The summed E-state index contributed by atoms with van der Waals surface area (Å²) in [5, 5.41) is 12.6. The van der Waals surface area contributed by atoms with E-state index in [1.54, 1.807) is 29.5 Å². The van der Waals surface area contributed by atoms with Gasteiger partial charge in [-0.25, -0.2) is 14.6 Å². The van der Waals surface area contributed by atoms with E-state index in [0.29, 0.717) is 23.7 Å². The van der Waals surface area contributed by atoms with Crippen LogP contribution in [0.25, 0.3) is 22.2 Å². The standard InChI is InChI=1S/C19H14N8/c1-3-14-9-13(5-6-16(14)21-8-1)12-27-19-18(25-26-27)22-11-17(24-19)23-15-4-2-7-20-10-15/h1-11H,12H2,(H,23,24). The van der Waals surface area contributed by atoms with E-state index in [-0.39, 0.29) is 0 Å². The second-order valence-corrected chi connectivity index (χ2v) is 6.05. The maximum atomic E-state index is 4.61. The highest BCUT2D eigenvalue weighted by Gasteiger charge is 2.10. The Hall–Kier alpha value is -3.94. The highest BCUT2D eigenvalue weighted by molar-refractivity contribution is 5.79. The highest BCUT2D eigenvalue weighted by atomic mass is 15.5. The van der Waals surface area contributed by atoms with Gasteiger partial charge in [-0.2, -0.15) is 0 Å². The minimum atomic E-state index is 0.509. The second kappa shape index (κ2) is 6.41. The van der Waals surface area contributed by atoms with Crippen molar-refractivity contribution in [2.24, 2.45) is 0 Å². The Morgan fingerprint density at radius 3 is 2.85 bits per heavy atom. The number of rotatable bonds is 4. The van der Waals surface area contributed by atoms with Gasteiger partial charge in [0.05, 0.1) is 30.1 Å². The third-order valence-corrected chi connectivity index (χ3v) is 4.16. The minimum absolute atomic E-state index is 0.509. The van der Waals surface area contributed by atoms with Crippen molar-refractivity contribution in [1.29, 1.82) is 0 Å². The third kappa shape index (κ3) is 3.04. The van der Waals surface area contributed by atoms with Gasteiger partial charge in [0.2, 0.25) is 5.65 Å². The van der Waals surface area contributed by atoms with Gasteiger partial charge in [-0.3, -0.25) is 9.97 Å². The largest absolute Gasteiger partial charge is 0.338 e. The fourth-order valence-corrected chi connectivity index (χ4v) is 2.90. The van der Waals surface area contributed by atoms with Crippen molar-refractivity contribution in [3.63, 3.8) is 0 Å². The molecule has 5 aromatic rings. The van der Waals surface area contributed by atoms with Crippen molar-refractivity contribution >= 4 is 33.7 Å². The van der Waals surface area contributed by atoms with Gasteiger partial charge >= 0.3 is 0 Å². The van der Waals surface area contributed by atoms with Gasteiger partial charge < -0.3 is 5.32 Å². The number of anilines is 2. The highest BCUT2D eigenvalue weighted by Crippen LogP contribution is 2.17. The summed E-state index contributed by atoms with van der Waals surface area (Å²) in [6.07, 6.45) is 6.87. The molecule has 8 nitrogen and oxygen atoms in total. The lowest BCUT2D eigenvalue weighted by Crippen LogP contribution is -2.04. The van der Waals surface area contributed by atoms with E-state index in [0.717, 1.165) is 22.2 Å². The summed E-state index contributed by atoms with van der Waals surface area (Å²) in [6.45, 7) is 0.548. The van der Waals surface area contributed by atoms with Crippen molar-refractivity contribution < 1.29 is 0 Å². The van der Waals surface area contributed by atoms with Gasteiger partial charge in [-0.05, 0) is 35.9 Å². The number of benzene rings is 1. The number of aromatic nitrogens is 7. The normalized spacial score (nSPS) is 11.1. The van der Waals surface area contributed by atoms with Crippen LogP contribution in [0.15, 0.2) is 67.3 Å². The molecule has 0 aliphatic carbocycles. The predicted molar refractivity (Wildman–Crippen MR) is 101 cm³/mol. The first kappa shape index (κ1) is 15.3. The lowest BCUT2D eigenvalue weighted by molar-refractivity contribution is 0.664. The van der Waals surface area contributed by atoms with Crippen LogP contribution in [0, 0.1) is 0 Å². The van der Waals surface area contributed by atoms with Crippen LogP contribution in [0.2, 0.25) is 0 Å². The van der Waals surface area contributed by atoms with E-state index in [1.807, 2.05) is 36.4 Å². The summed E-state index contributed by atoms with van der Waals surface area (Å²) in [5.41, 5.74) is 4.03. The van der Waals surface area contributed by atoms with Gasteiger partial charge in [0.15, 0.2) is 11.5 Å². The number of hydrogen-bond donors (Lipinski definition) is 1. The molecule has 0 atom stereocenters. The summed E-state index contributed by atoms with van der Waals surface area (Å²) < 4.78 is 1.74. The van der Waals surface area contributed by atoms with E-state index in [4.69, 9.17) is 0 Å². The number of hydrogen-bond acceptors (Lipinski definition) is 7. The molecule has 0 aliphatic heterocycles. The molecule has 0 unspecified atom stereocenters. The molecule has 1 aromatic carbocycles. The first-order chi connectivity index (χ1) is 13.3. The predicted octanol–water partition coefficient (Wildman–Crippen LogP) is 2.96. The molecule has 0 radical (unpaired) electrons. The summed E-state index contributed by atoms with van der Waals surface area (Å²) in [6, 6.07) is 13.9. The maximum absolute atomic E-state index is 4.61. The first-order valence-electron chi connectivity index (χ1n) is 8.42. The van der Waals surface area contributed by atoms with Gasteiger partial charge in [0.1, 0.15) is 0 Å². The van der Waals surface area contributed by atoms with Crippen molar-refractivity contribution in [1.82, 2.24) is 34.9 Å². The summed E-state index contributed by atoms with van der Waals surface area (Å²) in [7, 11) is 0. The third-order valence-electron chi connectivity index (χ3n) is 4.16. The molecular weight excluding hydrogens is 340 g/mol. The van der Waals surface area contributed by atoms with E-state index < -0.39 is 0 Å². The Morgan fingerprint density at radius 2 is 1.93 bits per heavy atom. The van der Waals surface area contributed by atoms with Gasteiger partial charge in [-0.15, -0.1) is 5.10 Å². The monoisotopic (exact) mass is 354 g/mol. The molecule has 0 spiro atoms. The molecular formula is C19H14N8. The van der Waals surface area contributed by atoms with Gasteiger partial charge in [0, 0.05) is 17.8 Å². The van der Waals surface area contributed by atoms with Gasteiger partial charge in [-0.1, -0.05) is 17.3 Å². The zero-order valence-electron chi connectivity index (χ0n) is 14.2. The van der Waals surface area contributed by atoms with E-state index in [1.165, 1.54) is 0 Å². The van der Waals surface area contributed by atoms with Crippen LogP contribution in [0.1, 0.15) is 5.56 Å². The topological polar surface area (TPSA) is 94.3 Å². The van der Waals surface area contributed by atoms with Crippen LogP contribution in [-0.4, -0.2) is 34.9 Å². The Labute approximate surface area is 153 Å². The van der Waals surface area contributed by atoms with Gasteiger partial charge in [0.25, 0.3) is 0 Å². The fraction of sp³-hybridized carbons (Fsp3) is 0.0526. The Kier molecular flexibility index (Phi) is 3.64. The summed E-state index contributed by atoms with van der Waals surface area (Å²) >= 11 is 0. The molecule has 0 amide bonds. The van der Waals surface area contributed by atoms with Crippen molar-refractivity contribution in [3.05, 3.63) is 72.8 Å². The number of pyridine rings is 2. The Morgan fingerprint density at radius 1 is 0.963 bits per heavy atom. The van der Waals surface area contributed by atoms with Crippen molar-refractivity contribution in [2.45, 2.75) is 6.54 Å². The zero-order chi connectivity index (χ0) is 18.1. The van der Waals surface area contributed by atoms with E-state index in [9.17, 15) is 0 Å². The molecule has 4 aromatic heterocycles. The zero-order valence-corrected chi connectivity index (χ0v) is 14.2. The fourth-order valence-electron chi connectivity index (χ4n) is 2.90. The van der Waals surface area contributed by atoms with Crippen molar-refractivity contribution in [3.8, 4) is 0 Å². The lowest BCUT2D eigenvalue weighted by Gasteiger charge is -2.06. The SMILES string of the molecule is c1cncc(Nc2cnc3nnn(Cc4ccc5ncccc5c4)c3n2)c1.